The number of carbonyl (C=O) groups is 5. The third-order valence-corrected chi connectivity index (χ3v) is 14.2. The predicted molar refractivity (Wildman–Crippen MR) is 220 cm³/mol. The summed E-state index contributed by atoms with van der Waals surface area (Å²) in [6.45, 7) is 6.27. The van der Waals surface area contributed by atoms with Gasteiger partial charge in [-0.05, 0) is 99.2 Å². The highest BCUT2D eigenvalue weighted by molar-refractivity contribution is 6.01. The average molecular weight is 838 g/mol. The van der Waals surface area contributed by atoms with Crippen molar-refractivity contribution < 1.29 is 52.4 Å². The lowest BCUT2D eigenvalue weighted by Crippen LogP contribution is -2.70. The molecule has 4 fully saturated rings. The fraction of sp³-hybridized carbons (Fsp3) is 0.489. The van der Waals surface area contributed by atoms with Crippen molar-refractivity contribution >= 4 is 45.9 Å². The Morgan fingerprint density at radius 2 is 1.74 bits per heavy atom. The van der Waals surface area contributed by atoms with E-state index in [1.54, 1.807) is 69.6 Å². The molecular formula is C47H52FN3O10. The highest BCUT2D eigenvalue weighted by Gasteiger charge is 2.80. The normalized spacial score (nSPS) is 32.4. The van der Waals surface area contributed by atoms with E-state index in [0.717, 1.165) is 10.8 Å². The summed E-state index contributed by atoms with van der Waals surface area (Å²) in [5.74, 6) is -5.39. The van der Waals surface area contributed by atoms with Crippen LogP contribution in [0.25, 0.3) is 10.8 Å². The van der Waals surface area contributed by atoms with Gasteiger partial charge in [0.05, 0.1) is 31.0 Å². The van der Waals surface area contributed by atoms with Crippen LogP contribution in [-0.4, -0.2) is 81.9 Å². The number of hydrogen-bond donors (Lipinski definition) is 3. The summed E-state index contributed by atoms with van der Waals surface area (Å²) in [7, 11) is 0. The number of benzene rings is 2. The molecule has 9 atom stereocenters. The van der Waals surface area contributed by atoms with Gasteiger partial charge in [0.25, 0.3) is 0 Å². The van der Waals surface area contributed by atoms with Crippen LogP contribution in [0.1, 0.15) is 83.3 Å². The maximum Gasteiger partial charge on any atom is 0.306 e. The number of esters is 2. The van der Waals surface area contributed by atoms with Gasteiger partial charge >= 0.3 is 11.9 Å². The van der Waals surface area contributed by atoms with E-state index in [0.29, 0.717) is 41.6 Å². The van der Waals surface area contributed by atoms with Gasteiger partial charge in [-0.3, -0.25) is 29.0 Å². The molecule has 61 heavy (non-hydrogen) atoms. The number of aromatic nitrogens is 1. The Balaban J connectivity index is 0.851. The zero-order valence-corrected chi connectivity index (χ0v) is 34.8. The van der Waals surface area contributed by atoms with Crippen LogP contribution >= 0.6 is 0 Å². The number of halogens is 1. The molecule has 3 aromatic rings. The molecule has 4 aliphatic carbocycles. The molecule has 0 radical (unpaired) electrons. The molecule has 3 saturated carbocycles. The molecule has 0 bridgehead atoms. The third kappa shape index (κ3) is 7.10. The van der Waals surface area contributed by atoms with E-state index < -0.39 is 82.2 Å². The van der Waals surface area contributed by atoms with Crippen LogP contribution < -0.4 is 11.1 Å². The highest BCUT2D eigenvalue weighted by Crippen LogP contribution is 2.72. The van der Waals surface area contributed by atoms with E-state index in [-0.39, 0.29) is 44.1 Å². The third-order valence-electron chi connectivity index (χ3n) is 14.2. The number of pyridine rings is 1. The van der Waals surface area contributed by atoms with E-state index in [4.69, 9.17) is 24.7 Å². The van der Waals surface area contributed by atoms with Gasteiger partial charge in [-0.15, -0.1) is 0 Å². The smallest absolute Gasteiger partial charge is 0.306 e. The first-order valence-electron chi connectivity index (χ1n) is 20.9. The van der Waals surface area contributed by atoms with Crippen LogP contribution in [0.5, 0.6) is 0 Å². The minimum atomic E-state index is -2.11. The molecule has 4 N–H and O–H groups in total. The fourth-order valence-electron chi connectivity index (χ4n) is 11.2. The number of fused-ring (bicyclic) bond motifs is 8. The first kappa shape index (κ1) is 42.5. The standard InChI is InChI=1S/C47H52FN3O10/c1-43(2)60-39-21-36-35-12-10-31-20-33(52)15-17-44(31,3)46(35,48)37(53)22-45(36,4)47(39,61-43)38(54)26-59-41(56)14-13-40(55)58-25-27-5-7-28(8-6-27)34(23-49)42(57)51-32-11-9-30-24-50-18-16-29(30)19-32/h5-9,11,15-20,24,34-37,39,53H,10,12-14,21-23,25-26,49H2,1-4H3,(H,51,57)/t34-,35+,36+,37+,39-,44+,45+,46+,47-/m1/s1. The number of amides is 1. The minimum absolute atomic E-state index is 0.0734. The van der Waals surface area contributed by atoms with Crippen molar-refractivity contribution in [3.8, 4) is 0 Å². The van der Waals surface area contributed by atoms with Crippen molar-refractivity contribution in [2.45, 2.75) is 108 Å². The molecule has 322 valence electrons. The van der Waals surface area contributed by atoms with Crippen LogP contribution in [0.4, 0.5) is 10.1 Å². The Labute approximate surface area is 353 Å². The quantitative estimate of drug-likeness (QED) is 0.188. The van der Waals surface area contributed by atoms with E-state index >= 15 is 4.39 Å². The van der Waals surface area contributed by atoms with Crippen molar-refractivity contribution in [1.29, 1.82) is 0 Å². The Hall–Kier alpha value is -5.15. The molecule has 1 amide bonds. The number of nitrogens with zero attached hydrogens (tertiary/aromatic N) is 1. The molecule has 14 heteroatoms. The lowest BCUT2D eigenvalue weighted by Gasteiger charge is -2.62. The predicted octanol–water partition coefficient (Wildman–Crippen LogP) is 5.72. The minimum Gasteiger partial charge on any atom is -0.461 e. The summed E-state index contributed by atoms with van der Waals surface area (Å²) in [6, 6.07) is 14.4. The molecule has 5 aliphatic rings. The summed E-state index contributed by atoms with van der Waals surface area (Å²) in [5, 5.41) is 16.6. The highest BCUT2D eigenvalue weighted by atomic mass is 19.1. The molecule has 8 rings (SSSR count). The maximum atomic E-state index is 17.7. The Morgan fingerprint density at radius 3 is 2.48 bits per heavy atom. The number of nitrogens with two attached hydrogens (primary N) is 1. The van der Waals surface area contributed by atoms with Crippen molar-refractivity contribution in [3.63, 3.8) is 0 Å². The van der Waals surface area contributed by atoms with Gasteiger partial charge in [0.2, 0.25) is 11.7 Å². The van der Waals surface area contributed by atoms with Crippen LogP contribution in [0.15, 0.2) is 84.7 Å². The number of ether oxygens (including phenoxy) is 4. The van der Waals surface area contributed by atoms with Crippen molar-refractivity contribution in [3.05, 3.63) is 95.9 Å². The molecule has 0 spiro atoms. The van der Waals surface area contributed by atoms with Gasteiger partial charge in [-0.2, -0.15) is 0 Å². The number of hydrogen-bond acceptors (Lipinski definition) is 12. The molecule has 0 unspecified atom stereocenters. The van der Waals surface area contributed by atoms with Crippen LogP contribution in [0.3, 0.4) is 0 Å². The topological polar surface area (TPSA) is 193 Å². The summed E-state index contributed by atoms with van der Waals surface area (Å²) in [4.78, 5) is 69.5. The summed E-state index contributed by atoms with van der Waals surface area (Å²) in [6.07, 6.45) is 5.93. The van der Waals surface area contributed by atoms with E-state index in [1.165, 1.54) is 12.2 Å². The molecule has 2 aromatic carbocycles. The van der Waals surface area contributed by atoms with Crippen LogP contribution in [-0.2, 0) is 49.5 Å². The number of nitrogens with one attached hydrogen (secondary N) is 1. The van der Waals surface area contributed by atoms with E-state index in [9.17, 15) is 29.1 Å². The zero-order chi connectivity index (χ0) is 43.5. The SMILES string of the molecule is CC1(C)O[C@@H]2C[C@H]3[C@@H]4CCC5=CC(=O)C=C[C@]5(C)[C@@]4(F)[C@@H](O)C[C@]3(C)[C@]2(C(=O)COC(=O)CCC(=O)OCc2ccc([C@@H](CN)C(=O)Nc3ccc4cnccc4c3)cc2)O1. The van der Waals surface area contributed by atoms with Crippen molar-refractivity contribution in [2.24, 2.45) is 28.4 Å². The largest absolute Gasteiger partial charge is 0.461 e. The number of ketones is 2. The van der Waals surface area contributed by atoms with Crippen molar-refractivity contribution in [1.82, 2.24) is 4.98 Å². The summed E-state index contributed by atoms with van der Waals surface area (Å²) >= 11 is 0. The number of aliphatic hydroxyl groups excluding tert-OH is 1. The number of alkyl halides is 1. The molecular weight excluding hydrogens is 786 g/mol. The van der Waals surface area contributed by atoms with Gasteiger partial charge in [0.15, 0.2) is 29.4 Å². The second-order valence-electron chi connectivity index (χ2n) is 18.0. The lowest BCUT2D eigenvalue weighted by molar-refractivity contribution is -0.246. The monoisotopic (exact) mass is 837 g/mol. The van der Waals surface area contributed by atoms with Gasteiger partial charge in [0, 0.05) is 46.8 Å². The molecule has 1 aromatic heterocycles. The summed E-state index contributed by atoms with van der Waals surface area (Å²) in [5.41, 5.74) is 2.59. The number of anilines is 1. The zero-order valence-electron chi connectivity index (χ0n) is 34.8. The van der Waals surface area contributed by atoms with E-state index in [1.807, 2.05) is 25.1 Å². The van der Waals surface area contributed by atoms with Crippen molar-refractivity contribution in [2.75, 3.05) is 18.5 Å². The molecule has 2 heterocycles. The second-order valence-corrected chi connectivity index (χ2v) is 18.0. The van der Waals surface area contributed by atoms with Gasteiger partial charge in [0.1, 0.15) is 6.61 Å². The average Bonchev–Trinajstić information content (AvgIpc) is 3.64. The number of allylic oxidation sites excluding steroid dienone is 4. The Morgan fingerprint density at radius 1 is 1.00 bits per heavy atom. The van der Waals surface area contributed by atoms with Gasteiger partial charge in [-0.25, -0.2) is 4.39 Å². The maximum absolute atomic E-state index is 17.7. The number of carbonyl (C=O) groups excluding carboxylic acids is 5. The Kier molecular flexibility index (Phi) is 10.9. The lowest BCUT2D eigenvalue weighted by atomic mass is 9.44. The fourth-order valence-corrected chi connectivity index (χ4v) is 11.2. The first-order valence-corrected chi connectivity index (χ1v) is 20.9. The van der Waals surface area contributed by atoms with Gasteiger partial charge in [-0.1, -0.05) is 48.9 Å². The first-order chi connectivity index (χ1) is 28.9. The number of Topliss-reactive ketones (excluding diaryl/α,β-unsaturated/α-hetero) is 1. The van der Waals surface area contributed by atoms with Crippen LogP contribution in [0, 0.1) is 22.7 Å². The van der Waals surface area contributed by atoms with Crippen LogP contribution in [0.2, 0.25) is 0 Å². The molecule has 13 nitrogen and oxygen atoms in total. The Bertz CT molecular complexity index is 2350. The second kappa shape index (κ2) is 15.6. The summed E-state index contributed by atoms with van der Waals surface area (Å²) < 4.78 is 41.4. The van der Waals surface area contributed by atoms with E-state index in [2.05, 4.69) is 10.3 Å². The molecule has 1 aliphatic heterocycles. The molecule has 1 saturated heterocycles. The number of rotatable bonds is 12. The number of aliphatic hydroxyl groups is 1. The van der Waals surface area contributed by atoms with Gasteiger partial charge < -0.3 is 35.1 Å².